The van der Waals surface area contributed by atoms with E-state index >= 15 is 0 Å². The van der Waals surface area contributed by atoms with Crippen molar-refractivity contribution in [3.05, 3.63) is 64.3 Å². The topological polar surface area (TPSA) is 83.3 Å². The third-order valence-corrected chi connectivity index (χ3v) is 4.29. The van der Waals surface area contributed by atoms with E-state index in [1.807, 2.05) is 31.5 Å². The van der Waals surface area contributed by atoms with E-state index in [0.717, 1.165) is 27.7 Å². The van der Waals surface area contributed by atoms with Crippen LogP contribution in [-0.4, -0.2) is 32.0 Å². The molecule has 6 nitrogen and oxygen atoms in total. The van der Waals surface area contributed by atoms with Crippen molar-refractivity contribution in [2.45, 2.75) is 13.3 Å². The van der Waals surface area contributed by atoms with Gasteiger partial charge in [-0.25, -0.2) is 4.98 Å². The molecule has 0 atom stereocenters. The second-order valence-electron chi connectivity index (χ2n) is 6.03. The van der Waals surface area contributed by atoms with Gasteiger partial charge in [0.1, 0.15) is 18.0 Å². The van der Waals surface area contributed by atoms with E-state index < -0.39 is 5.43 Å². The molecule has 6 heteroatoms. The number of nitrogens with one attached hydrogen (secondary N) is 1. The van der Waals surface area contributed by atoms with Crippen LogP contribution in [0, 0.1) is 18.8 Å². The number of fused-ring (bicyclic) bond motifs is 1. The first-order valence-electron chi connectivity index (χ1n) is 8.19. The molecule has 0 amide bonds. The summed E-state index contributed by atoms with van der Waals surface area (Å²) in [6, 6.07) is 3.32. The first-order chi connectivity index (χ1) is 12.6. The molecule has 0 saturated carbocycles. The molecular formula is C20H16N4O2. The summed E-state index contributed by atoms with van der Waals surface area (Å²) in [6.07, 6.45) is 9.20. The number of aryl methyl sites for hydroxylation is 1. The smallest absolute Gasteiger partial charge is 0.223 e. The van der Waals surface area contributed by atoms with Crippen LogP contribution in [0.1, 0.15) is 17.5 Å². The van der Waals surface area contributed by atoms with Crippen LogP contribution in [0.2, 0.25) is 0 Å². The summed E-state index contributed by atoms with van der Waals surface area (Å²) in [4.78, 5) is 23.5. The summed E-state index contributed by atoms with van der Waals surface area (Å²) in [5.74, 6) is 6.48. The quantitative estimate of drug-likeness (QED) is 0.665. The minimum absolute atomic E-state index is 0.314. The Hall–Kier alpha value is -3.59. The summed E-state index contributed by atoms with van der Waals surface area (Å²) in [7, 11) is 0. The number of aliphatic imine (C=N–C) groups is 1. The average Bonchev–Trinajstić information content (AvgIpc) is 3.07. The number of aromatic hydroxyl groups is 1. The largest absolute Gasteiger partial charge is 0.503 e. The van der Waals surface area contributed by atoms with E-state index in [2.05, 4.69) is 26.8 Å². The molecule has 128 valence electrons. The van der Waals surface area contributed by atoms with E-state index in [1.54, 1.807) is 10.8 Å². The third-order valence-electron chi connectivity index (χ3n) is 4.29. The lowest BCUT2D eigenvalue weighted by atomic mass is 9.96. The lowest BCUT2D eigenvalue weighted by Crippen LogP contribution is -2.14. The minimum atomic E-state index is -0.421. The summed E-state index contributed by atoms with van der Waals surface area (Å²) >= 11 is 0. The van der Waals surface area contributed by atoms with Crippen LogP contribution in [0.5, 0.6) is 5.75 Å². The molecule has 0 saturated heterocycles. The van der Waals surface area contributed by atoms with Crippen LogP contribution >= 0.6 is 0 Å². The molecule has 0 aliphatic carbocycles. The molecule has 0 spiro atoms. The van der Waals surface area contributed by atoms with Gasteiger partial charge >= 0.3 is 0 Å². The zero-order valence-corrected chi connectivity index (χ0v) is 14.2. The molecule has 0 aromatic carbocycles. The van der Waals surface area contributed by atoms with Gasteiger partial charge in [0.25, 0.3) is 0 Å². The Morgan fingerprint density at radius 1 is 1.31 bits per heavy atom. The maximum absolute atomic E-state index is 11.5. The molecule has 0 radical (unpaired) electrons. The molecule has 1 aliphatic heterocycles. The average molecular weight is 344 g/mol. The Morgan fingerprint density at radius 3 is 3.04 bits per heavy atom. The van der Waals surface area contributed by atoms with Crippen molar-refractivity contribution in [3.8, 4) is 17.6 Å². The summed E-state index contributed by atoms with van der Waals surface area (Å²) in [6.45, 7) is 2.38. The van der Waals surface area contributed by atoms with Crippen molar-refractivity contribution < 1.29 is 5.11 Å². The van der Waals surface area contributed by atoms with E-state index in [4.69, 9.17) is 0 Å². The number of allylic oxidation sites excluding steroid dienone is 2. The zero-order valence-electron chi connectivity index (χ0n) is 14.2. The molecule has 3 aromatic rings. The normalized spacial score (nSPS) is 18.0. The van der Waals surface area contributed by atoms with Gasteiger partial charge in [0.2, 0.25) is 5.43 Å². The predicted octanol–water partition coefficient (Wildman–Crippen LogP) is 2.48. The zero-order chi connectivity index (χ0) is 18.1. The number of aromatic amines is 1. The Balaban J connectivity index is 1.90. The highest BCUT2D eigenvalue weighted by Gasteiger charge is 2.13. The lowest BCUT2D eigenvalue weighted by Gasteiger charge is -2.14. The number of hydrogen-bond donors (Lipinski definition) is 2. The maximum Gasteiger partial charge on any atom is 0.223 e. The van der Waals surface area contributed by atoms with Crippen LogP contribution in [-0.2, 0) is 0 Å². The third kappa shape index (κ3) is 2.80. The fourth-order valence-electron chi connectivity index (χ4n) is 3.05. The summed E-state index contributed by atoms with van der Waals surface area (Å²) in [5, 5.41) is 10.8. The van der Waals surface area contributed by atoms with Crippen molar-refractivity contribution in [1.82, 2.24) is 14.5 Å². The molecule has 0 unspecified atom stereocenters. The SMILES string of the molecule is Cc1cnc2[nH]ccc2c1/C1=C/C(n2ccc(=O)c(O)c2)=N\CC#CC1. The molecule has 2 N–H and O–H groups in total. The number of pyridine rings is 2. The van der Waals surface area contributed by atoms with Crippen molar-refractivity contribution in [1.29, 1.82) is 0 Å². The number of H-pyrrole nitrogens is 1. The number of nitrogens with zero attached hydrogens (tertiary/aromatic N) is 3. The highest BCUT2D eigenvalue weighted by Crippen LogP contribution is 2.29. The lowest BCUT2D eigenvalue weighted by molar-refractivity contribution is 0.466. The van der Waals surface area contributed by atoms with Crippen LogP contribution in [0.15, 0.2) is 52.8 Å². The predicted molar refractivity (Wildman–Crippen MR) is 101 cm³/mol. The molecule has 0 fully saturated rings. The molecule has 3 aromatic heterocycles. The maximum atomic E-state index is 11.5. The van der Waals surface area contributed by atoms with Crippen LogP contribution in [0.4, 0.5) is 0 Å². The summed E-state index contributed by atoms with van der Waals surface area (Å²) < 4.78 is 1.63. The van der Waals surface area contributed by atoms with Gasteiger partial charge < -0.3 is 14.7 Å². The van der Waals surface area contributed by atoms with E-state index in [1.165, 1.54) is 12.3 Å². The first-order valence-corrected chi connectivity index (χ1v) is 8.19. The summed E-state index contributed by atoms with van der Waals surface area (Å²) in [5.41, 5.74) is 3.54. The van der Waals surface area contributed by atoms with E-state index in [9.17, 15) is 9.90 Å². The van der Waals surface area contributed by atoms with Gasteiger partial charge in [-0.05, 0) is 35.8 Å². The van der Waals surface area contributed by atoms with Crippen molar-refractivity contribution in [2.75, 3.05) is 6.54 Å². The monoisotopic (exact) mass is 344 g/mol. The molecule has 26 heavy (non-hydrogen) atoms. The van der Waals surface area contributed by atoms with Crippen molar-refractivity contribution in [3.63, 3.8) is 0 Å². The fraction of sp³-hybridized carbons (Fsp3) is 0.150. The van der Waals surface area contributed by atoms with Gasteiger partial charge in [0.05, 0.1) is 6.20 Å². The standard InChI is InChI=1S/C20H16N4O2/c1-13-11-23-20-15(5-8-22-20)19(13)14-4-2-3-7-21-18(10-14)24-9-6-16(25)17(26)12-24/h5-6,8-12,26H,4,7H2,1H3,(H,22,23)/b14-10+,21-18+. The highest BCUT2D eigenvalue weighted by atomic mass is 16.3. The Bertz CT molecular complexity index is 1190. The second kappa shape index (κ2) is 6.37. The highest BCUT2D eigenvalue weighted by molar-refractivity contribution is 6.04. The Labute approximate surface area is 149 Å². The van der Waals surface area contributed by atoms with Crippen molar-refractivity contribution in [2.24, 2.45) is 4.99 Å². The Morgan fingerprint density at radius 2 is 2.19 bits per heavy atom. The first kappa shape index (κ1) is 15.9. The fourth-order valence-corrected chi connectivity index (χ4v) is 3.05. The van der Waals surface area contributed by atoms with E-state index in [-0.39, 0.29) is 5.75 Å². The van der Waals surface area contributed by atoms with Gasteiger partial charge in [-0.2, -0.15) is 0 Å². The van der Waals surface area contributed by atoms with Gasteiger partial charge in [0.15, 0.2) is 5.75 Å². The van der Waals surface area contributed by atoms with Crippen LogP contribution < -0.4 is 5.43 Å². The van der Waals surface area contributed by atoms with Crippen LogP contribution in [0.3, 0.4) is 0 Å². The Kier molecular flexibility index (Phi) is 3.90. The number of aromatic nitrogens is 3. The molecule has 4 rings (SSSR count). The van der Waals surface area contributed by atoms with Gasteiger partial charge in [-0.3, -0.25) is 9.79 Å². The second-order valence-corrected chi connectivity index (χ2v) is 6.03. The van der Waals surface area contributed by atoms with Gasteiger partial charge in [-0.1, -0.05) is 11.8 Å². The molecular weight excluding hydrogens is 328 g/mol. The molecule has 0 bridgehead atoms. The molecule has 4 heterocycles. The van der Waals surface area contributed by atoms with Gasteiger partial charge in [0, 0.05) is 36.5 Å². The van der Waals surface area contributed by atoms with Crippen LogP contribution in [0.25, 0.3) is 16.6 Å². The van der Waals surface area contributed by atoms with Crippen molar-refractivity contribution >= 4 is 22.4 Å². The molecule has 1 aliphatic rings. The van der Waals surface area contributed by atoms with Gasteiger partial charge in [-0.15, -0.1) is 0 Å². The number of rotatable bonds is 1. The number of hydrogen-bond acceptors (Lipinski definition) is 4. The van der Waals surface area contributed by atoms with E-state index in [0.29, 0.717) is 18.8 Å². The minimum Gasteiger partial charge on any atom is -0.503 e.